The lowest BCUT2D eigenvalue weighted by Gasteiger charge is -2.36. The number of amides is 2. The number of anilines is 1. The summed E-state index contributed by atoms with van der Waals surface area (Å²) in [6.45, 7) is 0. The van der Waals surface area contributed by atoms with Gasteiger partial charge in [0, 0.05) is 16.8 Å². The van der Waals surface area contributed by atoms with Crippen molar-refractivity contribution in [2.75, 3.05) is 12.5 Å². The summed E-state index contributed by atoms with van der Waals surface area (Å²) in [5, 5.41) is 1.04. The number of alkyl halides is 1. The topological polar surface area (TPSA) is 78.7 Å². The number of carbonyl (C=O) groups excluding carboxylic acids is 2. The summed E-state index contributed by atoms with van der Waals surface area (Å²) in [4.78, 5) is 24.5. The molecule has 0 aliphatic carbocycles. The van der Waals surface area contributed by atoms with Crippen molar-refractivity contribution in [3.8, 4) is 0 Å². The van der Waals surface area contributed by atoms with E-state index in [0.717, 1.165) is 9.91 Å². The predicted molar refractivity (Wildman–Crippen MR) is 84.3 cm³/mol. The second-order valence-electron chi connectivity index (χ2n) is 4.27. The van der Waals surface area contributed by atoms with Crippen LogP contribution in [0, 0.1) is 9.39 Å². The molecule has 1 aliphatic heterocycles. The second-order valence-corrected chi connectivity index (χ2v) is 5.93. The summed E-state index contributed by atoms with van der Waals surface area (Å²) in [5.41, 5.74) is 6.69. The molecule has 0 bridgehead atoms. The number of carbonyl (C=O) groups is 2. The smallest absolute Gasteiger partial charge is 0.268 e. The van der Waals surface area contributed by atoms with E-state index in [1.54, 1.807) is 6.07 Å². The molecule has 1 atom stereocenters. The SMILES string of the molecule is CN1C=C(C(N)=O)N(Nc2ccc(I)cc2F)C(Cl)C1=O. The molecule has 9 heteroatoms. The molecule has 0 saturated carbocycles. The first-order chi connectivity index (χ1) is 9.81. The van der Waals surface area contributed by atoms with Crippen LogP contribution in [0.25, 0.3) is 0 Å². The summed E-state index contributed by atoms with van der Waals surface area (Å²) in [5.74, 6) is -1.81. The molecule has 0 aromatic heterocycles. The third-order valence-corrected chi connectivity index (χ3v) is 3.83. The molecule has 0 radical (unpaired) electrons. The van der Waals surface area contributed by atoms with Gasteiger partial charge in [0.2, 0.25) is 5.50 Å². The molecule has 2 rings (SSSR count). The van der Waals surface area contributed by atoms with Crippen molar-refractivity contribution in [1.82, 2.24) is 9.91 Å². The number of halogens is 3. The van der Waals surface area contributed by atoms with Crippen LogP contribution in [-0.4, -0.2) is 34.3 Å². The number of hydrogen-bond acceptors (Lipinski definition) is 4. The van der Waals surface area contributed by atoms with Crippen LogP contribution in [0.2, 0.25) is 0 Å². The number of likely N-dealkylation sites (N-methyl/N-ethyl adjacent to an activating group) is 1. The average molecular weight is 425 g/mol. The summed E-state index contributed by atoms with van der Waals surface area (Å²) in [6.07, 6.45) is 1.24. The highest BCUT2D eigenvalue weighted by molar-refractivity contribution is 14.1. The van der Waals surface area contributed by atoms with Crippen molar-refractivity contribution in [3.63, 3.8) is 0 Å². The Morgan fingerprint density at radius 2 is 2.19 bits per heavy atom. The van der Waals surface area contributed by atoms with Crippen LogP contribution < -0.4 is 11.2 Å². The Balaban J connectivity index is 2.37. The van der Waals surface area contributed by atoms with E-state index >= 15 is 0 Å². The summed E-state index contributed by atoms with van der Waals surface area (Å²) < 4.78 is 14.6. The Morgan fingerprint density at radius 3 is 2.76 bits per heavy atom. The van der Waals surface area contributed by atoms with Gasteiger partial charge in [-0.15, -0.1) is 0 Å². The molecule has 1 unspecified atom stereocenters. The van der Waals surface area contributed by atoms with E-state index in [1.165, 1.54) is 25.4 Å². The van der Waals surface area contributed by atoms with E-state index in [9.17, 15) is 14.0 Å². The van der Waals surface area contributed by atoms with Gasteiger partial charge >= 0.3 is 0 Å². The highest BCUT2D eigenvalue weighted by Crippen LogP contribution is 2.24. The first kappa shape index (κ1) is 15.8. The van der Waals surface area contributed by atoms with Crippen LogP contribution in [0.5, 0.6) is 0 Å². The summed E-state index contributed by atoms with van der Waals surface area (Å²) in [7, 11) is 1.45. The number of nitrogens with one attached hydrogen (secondary N) is 1. The van der Waals surface area contributed by atoms with Gasteiger partial charge in [0.15, 0.2) is 0 Å². The van der Waals surface area contributed by atoms with Crippen molar-refractivity contribution in [2.45, 2.75) is 5.50 Å². The van der Waals surface area contributed by atoms with Gasteiger partial charge in [-0.1, -0.05) is 11.6 Å². The van der Waals surface area contributed by atoms with Crippen LogP contribution in [-0.2, 0) is 9.59 Å². The molecule has 2 amide bonds. The fourth-order valence-electron chi connectivity index (χ4n) is 1.72. The van der Waals surface area contributed by atoms with E-state index < -0.39 is 23.1 Å². The highest BCUT2D eigenvalue weighted by Gasteiger charge is 2.35. The van der Waals surface area contributed by atoms with Crippen LogP contribution in [0.1, 0.15) is 0 Å². The zero-order chi connectivity index (χ0) is 15.7. The maximum Gasteiger partial charge on any atom is 0.268 e. The Labute approximate surface area is 138 Å². The fraction of sp³-hybridized carbons (Fsp3) is 0.167. The van der Waals surface area contributed by atoms with E-state index in [2.05, 4.69) is 5.43 Å². The van der Waals surface area contributed by atoms with E-state index in [-0.39, 0.29) is 11.4 Å². The van der Waals surface area contributed by atoms with Crippen molar-refractivity contribution in [2.24, 2.45) is 5.73 Å². The molecule has 3 N–H and O–H groups in total. The molecular formula is C12H11ClFIN4O2. The number of nitrogens with zero attached hydrogens (tertiary/aromatic N) is 2. The van der Waals surface area contributed by atoms with Gasteiger partial charge in [0.25, 0.3) is 11.8 Å². The zero-order valence-electron chi connectivity index (χ0n) is 10.8. The molecule has 0 spiro atoms. The van der Waals surface area contributed by atoms with Gasteiger partial charge in [-0.3, -0.25) is 20.0 Å². The molecule has 1 aliphatic rings. The average Bonchev–Trinajstić information content (AvgIpc) is 2.41. The van der Waals surface area contributed by atoms with Gasteiger partial charge in [0.05, 0.1) is 5.69 Å². The Hall–Kier alpha value is -1.55. The Kier molecular flexibility index (Phi) is 4.57. The maximum atomic E-state index is 13.9. The van der Waals surface area contributed by atoms with Crippen molar-refractivity contribution in [1.29, 1.82) is 0 Å². The molecule has 112 valence electrons. The number of hydrogen-bond donors (Lipinski definition) is 2. The van der Waals surface area contributed by atoms with Gasteiger partial charge in [-0.25, -0.2) is 4.39 Å². The fourth-order valence-corrected chi connectivity index (χ4v) is 2.48. The zero-order valence-corrected chi connectivity index (χ0v) is 13.7. The quantitative estimate of drug-likeness (QED) is 0.437. The molecule has 21 heavy (non-hydrogen) atoms. The molecular weight excluding hydrogens is 414 g/mol. The number of rotatable bonds is 3. The highest BCUT2D eigenvalue weighted by atomic mass is 127. The summed E-state index contributed by atoms with van der Waals surface area (Å²) in [6, 6.07) is 4.45. The van der Waals surface area contributed by atoms with Crippen molar-refractivity contribution >= 4 is 51.7 Å². The number of primary amides is 1. The largest absolute Gasteiger partial charge is 0.364 e. The molecule has 6 nitrogen and oxygen atoms in total. The minimum absolute atomic E-state index is 0.0463. The summed E-state index contributed by atoms with van der Waals surface area (Å²) >= 11 is 7.96. The first-order valence-corrected chi connectivity index (χ1v) is 7.26. The van der Waals surface area contributed by atoms with Crippen LogP contribution >= 0.6 is 34.2 Å². The number of nitrogens with two attached hydrogens (primary N) is 1. The van der Waals surface area contributed by atoms with Crippen LogP contribution in [0.15, 0.2) is 30.1 Å². The van der Waals surface area contributed by atoms with Crippen LogP contribution in [0.3, 0.4) is 0 Å². The molecule has 0 fully saturated rings. The standard InChI is InChI=1S/C12H11ClFIN4O2/c1-18-5-9(11(16)20)19(10(13)12(18)21)17-8-3-2-6(15)4-7(8)14/h2-5,10,17H,1H3,(H2,16,20). The Bertz CT molecular complexity index is 640. The lowest BCUT2D eigenvalue weighted by Crippen LogP contribution is -2.52. The third kappa shape index (κ3) is 3.21. The monoisotopic (exact) mass is 424 g/mol. The van der Waals surface area contributed by atoms with E-state index in [1.807, 2.05) is 22.6 Å². The third-order valence-electron chi connectivity index (χ3n) is 2.78. The number of hydrazine groups is 1. The molecule has 1 heterocycles. The van der Waals surface area contributed by atoms with Gasteiger partial charge in [0.1, 0.15) is 11.5 Å². The van der Waals surface area contributed by atoms with Crippen LogP contribution in [0.4, 0.5) is 10.1 Å². The molecule has 1 aromatic rings. The predicted octanol–water partition coefficient (Wildman–Crippen LogP) is 1.42. The van der Waals surface area contributed by atoms with Gasteiger partial charge in [-0.05, 0) is 40.8 Å². The Morgan fingerprint density at radius 1 is 1.52 bits per heavy atom. The first-order valence-electron chi connectivity index (χ1n) is 5.74. The number of benzene rings is 1. The van der Waals surface area contributed by atoms with Gasteiger partial charge in [-0.2, -0.15) is 0 Å². The lowest BCUT2D eigenvalue weighted by molar-refractivity contribution is -0.131. The molecule has 0 saturated heterocycles. The van der Waals surface area contributed by atoms with E-state index in [4.69, 9.17) is 17.3 Å². The minimum atomic E-state index is -1.22. The minimum Gasteiger partial charge on any atom is -0.364 e. The maximum absolute atomic E-state index is 13.9. The van der Waals surface area contributed by atoms with Crippen molar-refractivity contribution in [3.05, 3.63) is 39.5 Å². The van der Waals surface area contributed by atoms with E-state index in [0.29, 0.717) is 3.57 Å². The normalized spacial score (nSPS) is 18.6. The van der Waals surface area contributed by atoms with Crippen molar-refractivity contribution < 1.29 is 14.0 Å². The second kappa shape index (κ2) is 6.06. The van der Waals surface area contributed by atoms with Gasteiger partial charge < -0.3 is 10.6 Å². The lowest BCUT2D eigenvalue weighted by atomic mass is 10.3. The molecule has 1 aromatic carbocycles.